The van der Waals surface area contributed by atoms with Crippen molar-refractivity contribution in [1.29, 1.82) is 0 Å². The van der Waals surface area contributed by atoms with Crippen LogP contribution in [-0.4, -0.2) is 11.7 Å². The first kappa shape index (κ1) is 6.41. The van der Waals surface area contributed by atoms with E-state index >= 15 is 0 Å². The van der Waals surface area contributed by atoms with Crippen LogP contribution in [0.15, 0.2) is 11.6 Å². The van der Waals surface area contributed by atoms with Crippen molar-refractivity contribution < 1.29 is 5.11 Å². The first-order valence-electron chi connectivity index (χ1n) is 4.20. The van der Waals surface area contributed by atoms with Crippen molar-refractivity contribution in [3.8, 4) is 0 Å². The molecule has 0 heterocycles. The average molecular weight is 138 g/mol. The molecule has 1 heteroatoms. The molecule has 3 rings (SSSR count). The van der Waals surface area contributed by atoms with Crippen LogP contribution in [0, 0.1) is 11.8 Å². The molecule has 1 N–H and O–H groups in total. The second-order valence-corrected chi connectivity index (χ2v) is 3.52. The Labute approximate surface area is 61.8 Å². The number of aliphatic hydroxyl groups is 1. The summed E-state index contributed by atoms with van der Waals surface area (Å²) in [6.07, 6.45) is 7.37. The number of fused-ring (bicyclic) bond motifs is 1. The van der Waals surface area contributed by atoms with E-state index in [0.717, 1.165) is 18.3 Å². The van der Waals surface area contributed by atoms with Gasteiger partial charge in [-0.05, 0) is 37.5 Å². The SMILES string of the molecule is OCCC1=CCC2CC1C2. The zero-order valence-corrected chi connectivity index (χ0v) is 6.21. The number of hydrogen-bond acceptors (Lipinski definition) is 1. The summed E-state index contributed by atoms with van der Waals surface area (Å²) < 4.78 is 0. The van der Waals surface area contributed by atoms with E-state index in [1.807, 2.05) is 0 Å². The summed E-state index contributed by atoms with van der Waals surface area (Å²) >= 11 is 0. The Bertz CT molecular complexity index is 154. The van der Waals surface area contributed by atoms with E-state index in [2.05, 4.69) is 6.08 Å². The molecule has 0 radical (unpaired) electrons. The summed E-state index contributed by atoms with van der Waals surface area (Å²) in [6.45, 7) is 0.340. The molecule has 3 aliphatic rings. The molecule has 0 atom stereocenters. The predicted molar refractivity (Wildman–Crippen MR) is 40.6 cm³/mol. The minimum absolute atomic E-state index is 0.340. The third-order valence-corrected chi connectivity index (χ3v) is 2.87. The molecule has 1 fully saturated rings. The lowest BCUT2D eigenvalue weighted by atomic mass is 9.65. The van der Waals surface area contributed by atoms with Gasteiger partial charge in [0.05, 0.1) is 0 Å². The summed E-state index contributed by atoms with van der Waals surface area (Å²) in [5, 5.41) is 8.71. The summed E-state index contributed by atoms with van der Waals surface area (Å²) in [5.74, 6) is 1.87. The maximum atomic E-state index is 8.71. The Hall–Kier alpha value is -0.300. The highest BCUT2D eigenvalue weighted by Crippen LogP contribution is 2.46. The van der Waals surface area contributed by atoms with Crippen molar-refractivity contribution in [2.24, 2.45) is 11.8 Å². The van der Waals surface area contributed by atoms with Crippen LogP contribution in [-0.2, 0) is 0 Å². The fraction of sp³-hybridized carbons (Fsp3) is 0.778. The molecule has 0 spiro atoms. The van der Waals surface area contributed by atoms with Gasteiger partial charge in [-0.3, -0.25) is 0 Å². The molecule has 1 saturated carbocycles. The van der Waals surface area contributed by atoms with Crippen molar-refractivity contribution in [2.75, 3.05) is 6.61 Å². The summed E-state index contributed by atoms with van der Waals surface area (Å²) in [7, 11) is 0. The van der Waals surface area contributed by atoms with Gasteiger partial charge in [0.25, 0.3) is 0 Å². The van der Waals surface area contributed by atoms with Crippen LogP contribution in [0.4, 0.5) is 0 Å². The number of rotatable bonds is 2. The van der Waals surface area contributed by atoms with Crippen molar-refractivity contribution in [1.82, 2.24) is 0 Å². The number of allylic oxidation sites excluding steroid dienone is 1. The van der Waals surface area contributed by atoms with Crippen LogP contribution in [0.1, 0.15) is 25.7 Å². The molecular formula is C9H14O. The van der Waals surface area contributed by atoms with Gasteiger partial charge in [-0.1, -0.05) is 11.6 Å². The monoisotopic (exact) mass is 138 g/mol. The van der Waals surface area contributed by atoms with Gasteiger partial charge in [-0.15, -0.1) is 0 Å². The van der Waals surface area contributed by atoms with Crippen LogP contribution < -0.4 is 0 Å². The van der Waals surface area contributed by atoms with E-state index in [1.54, 1.807) is 0 Å². The lowest BCUT2D eigenvalue weighted by Gasteiger charge is -2.41. The lowest BCUT2D eigenvalue weighted by molar-refractivity contribution is 0.194. The van der Waals surface area contributed by atoms with E-state index in [-0.39, 0.29) is 0 Å². The maximum Gasteiger partial charge on any atom is 0.0468 e. The van der Waals surface area contributed by atoms with Crippen molar-refractivity contribution in [3.63, 3.8) is 0 Å². The van der Waals surface area contributed by atoms with Gasteiger partial charge in [-0.25, -0.2) is 0 Å². The second-order valence-electron chi connectivity index (χ2n) is 3.52. The second kappa shape index (κ2) is 2.39. The molecule has 0 saturated heterocycles. The molecule has 10 heavy (non-hydrogen) atoms. The minimum atomic E-state index is 0.340. The highest BCUT2D eigenvalue weighted by Gasteiger charge is 2.33. The Kier molecular flexibility index (Phi) is 1.53. The maximum absolute atomic E-state index is 8.71. The van der Waals surface area contributed by atoms with Gasteiger partial charge in [0.2, 0.25) is 0 Å². The Morgan fingerprint density at radius 2 is 2.30 bits per heavy atom. The Balaban J connectivity index is 1.99. The molecule has 3 aliphatic carbocycles. The summed E-state index contributed by atoms with van der Waals surface area (Å²) in [6, 6.07) is 0. The first-order valence-corrected chi connectivity index (χ1v) is 4.20. The molecule has 0 aliphatic heterocycles. The summed E-state index contributed by atoms with van der Waals surface area (Å²) in [4.78, 5) is 0. The zero-order chi connectivity index (χ0) is 6.97. The van der Waals surface area contributed by atoms with Crippen LogP contribution in [0.5, 0.6) is 0 Å². The third-order valence-electron chi connectivity index (χ3n) is 2.87. The van der Waals surface area contributed by atoms with Gasteiger partial charge in [-0.2, -0.15) is 0 Å². The van der Waals surface area contributed by atoms with Crippen molar-refractivity contribution >= 4 is 0 Å². The third kappa shape index (κ3) is 0.891. The van der Waals surface area contributed by atoms with Crippen LogP contribution in [0.25, 0.3) is 0 Å². The van der Waals surface area contributed by atoms with Crippen LogP contribution in [0.3, 0.4) is 0 Å². The quantitative estimate of drug-likeness (QED) is 0.576. The van der Waals surface area contributed by atoms with Gasteiger partial charge in [0.1, 0.15) is 0 Å². The van der Waals surface area contributed by atoms with Gasteiger partial charge < -0.3 is 5.11 Å². The molecule has 2 bridgehead atoms. The Morgan fingerprint density at radius 1 is 1.50 bits per heavy atom. The summed E-state index contributed by atoms with van der Waals surface area (Å²) in [5.41, 5.74) is 1.53. The van der Waals surface area contributed by atoms with Crippen molar-refractivity contribution in [3.05, 3.63) is 11.6 Å². The van der Waals surface area contributed by atoms with Crippen molar-refractivity contribution in [2.45, 2.75) is 25.7 Å². The van der Waals surface area contributed by atoms with E-state index in [0.29, 0.717) is 6.61 Å². The van der Waals surface area contributed by atoms with Gasteiger partial charge in [0, 0.05) is 6.61 Å². The van der Waals surface area contributed by atoms with Gasteiger partial charge in [0.15, 0.2) is 0 Å². The first-order chi connectivity index (χ1) is 4.90. The molecular weight excluding hydrogens is 124 g/mol. The number of aliphatic hydroxyl groups excluding tert-OH is 1. The van der Waals surface area contributed by atoms with Gasteiger partial charge >= 0.3 is 0 Å². The van der Waals surface area contributed by atoms with E-state index in [1.165, 1.54) is 24.8 Å². The highest BCUT2D eigenvalue weighted by molar-refractivity contribution is 5.16. The zero-order valence-electron chi connectivity index (χ0n) is 6.21. The molecule has 0 aromatic rings. The minimum Gasteiger partial charge on any atom is -0.396 e. The van der Waals surface area contributed by atoms with Crippen LogP contribution >= 0.6 is 0 Å². The molecule has 0 aromatic heterocycles. The van der Waals surface area contributed by atoms with E-state index in [9.17, 15) is 0 Å². The molecule has 0 amide bonds. The van der Waals surface area contributed by atoms with E-state index < -0.39 is 0 Å². The normalized spacial score (nSPS) is 36.7. The molecule has 0 unspecified atom stereocenters. The fourth-order valence-electron chi connectivity index (χ4n) is 2.15. The fourth-order valence-corrected chi connectivity index (χ4v) is 2.15. The standard InChI is InChI=1S/C9H14O/c10-4-3-8-2-1-7-5-9(8)6-7/h2,7,9-10H,1,3-6H2. The topological polar surface area (TPSA) is 20.2 Å². The van der Waals surface area contributed by atoms with E-state index in [4.69, 9.17) is 5.11 Å². The predicted octanol–water partition coefficient (Wildman–Crippen LogP) is 1.73. The number of hydrogen-bond donors (Lipinski definition) is 1. The molecule has 56 valence electrons. The average Bonchev–Trinajstić information content (AvgIpc) is 1.87. The molecule has 0 aromatic carbocycles. The van der Waals surface area contributed by atoms with Crippen LogP contribution in [0.2, 0.25) is 0 Å². The highest BCUT2D eigenvalue weighted by atomic mass is 16.2. The Morgan fingerprint density at radius 3 is 2.80 bits per heavy atom. The molecule has 1 nitrogen and oxygen atoms in total. The lowest BCUT2D eigenvalue weighted by Crippen LogP contribution is -2.29. The largest absolute Gasteiger partial charge is 0.396 e. The smallest absolute Gasteiger partial charge is 0.0468 e.